The van der Waals surface area contributed by atoms with Crippen molar-refractivity contribution in [3.05, 3.63) is 28.8 Å². The van der Waals surface area contributed by atoms with Gasteiger partial charge in [0.2, 0.25) is 0 Å². The SMILES string of the molecule is CCOC(=O)CCCc1ccc(O)c2c1CC(N)C2. The van der Waals surface area contributed by atoms with Gasteiger partial charge in [0.25, 0.3) is 0 Å². The number of phenols is 1. The molecular weight excluding hydrogens is 242 g/mol. The van der Waals surface area contributed by atoms with E-state index in [2.05, 4.69) is 0 Å². The van der Waals surface area contributed by atoms with Gasteiger partial charge < -0.3 is 15.6 Å². The fraction of sp³-hybridized carbons (Fsp3) is 0.533. The number of fused-ring (bicyclic) bond motifs is 1. The van der Waals surface area contributed by atoms with Gasteiger partial charge in [-0.1, -0.05) is 6.07 Å². The molecule has 1 aromatic carbocycles. The van der Waals surface area contributed by atoms with Gasteiger partial charge in [-0.2, -0.15) is 0 Å². The zero-order valence-corrected chi connectivity index (χ0v) is 11.3. The molecule has 2 rings (SSSR count). The number of esters is 1. The quantitative estimate of drug-likeness (QED) is 0.793. The smallest absolute Gasteiger partial charge is 0.305 e. The first-order chi connectivity index (χ1) is 9.11. The van der Waals surface area contributed by atoms with Gasteiger partial charge >= 0.3 is 5.97 Å². The first kappa shape index (κ1) is 13.9. The molecule has 1 aromatic rings. The van der Waals surface area contributed by atoms with Gasteiger partial charge in [0.05, 0.1) is 6.61 Å². The average molecular weight is 263 g/mol. The van der Waals surface area contributed by atoms with Crippen LogP contribution in [0.15, 0.2) is 12.1 Å². The van der Waals surface area contributed by atoms with Gasteiger partial charge in [0.15, 0.2) is 0 Å². The molecule has 4 heteroatoms. The topological polar surface area (TPSA) is 72.5 Å². The molecule has 104 valence electrons. The van der Waals surface area contributed by atoms with Crippen LogP contribution in [-0.2, 0) is 28.8 Å². The highest BCUT2D eigenvalue weighted by molar-refractivity contribution is 5.69. The summed E-state index contributed by atoms with van der Waals surface area (Å²) < 4.78 is 4.91. The average Bonchev–Trinajstić information content (AvgIpc) is 2.75. The number of phenolic OH excluding ortho intramolecular Hbond substituents is 1. The molecule has 0 saturated carbocycles. The third-order valence-corrected chi connectivity index (χ3v) is 3.57. The Balaban J connectivity index is 1.99. The summed E-state index contributed by atoms with van der Waals surface area (Å²) >= 11 is 0. The Kier molecular flexibility index (Phi) is 4.43. The summed E-state index contributed by atoms with van der Waals surface area (Å²) in [5, 5.41) is 9.83. The van der Waals surface area contributed by atoms with Crippen LogP contribution in [0.5, 0.6) is 5.75 Å². The standard InChI is InChI=1S/C15H21NO3/c1-2-19-15(18)5-3-4-10-6-7-14(17)13-9-11(16)8-12(10)13/h6-7,11,17H,2-5,8-9,16H2,1H3. The number of aryl methyl sites for hydroxylation is 1. The zero-order chi connectivity index (χ0) is 13.8. The second-order valence-electron chi connectivity index (χ2n) is 5.03. The molecule has 19 heavy (non-hydrogen) atoms. The minimum atomic E-state index is -0.144. The van der Waals surface area contributed by atoms with Crippen LogP contribution in [0.4, 0.5) is 0 Å². The number of carbonyl (C=O) groups is 1. The molecule has 0 aliphatic heterocycles. The van der Waals surface area contributed by atoms with Crippen LogP contribution in [0, 0.1) is 0 Å². The van der Waals surface area contributed by atoms with E-state index in [0.717, 1.165) is 31.2 Å². The van der Waals surface area contributed by atoms with Crippen LogP contribution in [-0.4, -0.2) is 23.7 Å². The fourth-order valence-corrected chi connectivity index (χ4v) is 2.70. The van der Waals surface area contributed by atoms with Crippen molar-refractivity contribution in [2.24, 2.45) is 5.73 Å². The highest BCUT2D eigenvalue weighted by Gasteiger charge is 2.23. The number of benzene rings is 1. The van der Waals surface area contributed by atoms with Gasteiger partial charge in [0, 0.05) is 12.5 Å². The molecule has 0 aromatic heterocycles. The largest absolute Gasteiger partial charge is 0.508 e. The van der Waals surface area contributed by atoms with Crippen LogP contribution < -0.4 is 5.73 Å². The van der Waals surface area contributed by atoms with Crippen LogP contribution in [0.1, 0.15) is 36.5 Å². The third-order valence-electron chi connectivity index (χ3n) is 3.57. The number of nitrogens with two attached hydrogens (primary N) is 1. The molecule has 0 heterocycles. The normalized spacial score (nSPS) is 17.3. The molecule has 1 unspecified atom stereocenters. The Bertz CT molecular complexity index is 471. The van der Waals surface area contributed by atoms with Gasteiger partial charge in [-0.25, -0.2) is 0 Å². The van der Waals surface area contributed by atoms with Gasteiger partial charge in [0.1, 0.15) is 5.75 Å². The highest BCUT2D eigenvalue weighted by atomic mass is 16.5. The maximum atomic E-state index is 11.3. The lowest BCUT2D eigenvalue weighted by Gasteiger charge is -2.09. The highest BCUT2D eigenvalue weighted by Crippen LogP contribution is 2.32. The number of rotatable bonds is 5. The van der Waals surface area contributed by atoms with Crippen LogP contribution in [0.3, 0.4) is 0 Å². The minimum absolute atomic E-state index is 0.104. The monoisotopic (exact) mass is 263 g/mol. The lowest BCUT2D eigenvalue weighted by atomic mass is 9.98. The zero-order valence-electron chi connectivity index (χ0n) is 11.3. The van der Waals surface area contributed by atoms with Crippen molar-refractivity contribution in [3.63, 3.8) is 0 Å². The molecule has 0 bridgehead atoms. The molecule has 4 nitrogen and oxygen atoms in total. The van der Waals surface area contributed by atoms with E-state index in [4.69, 9.17) is 10.5 Å². The van der Waals surface area contributed by atoms with Crippen molar-refractivity contribution in [1.82, 2.24) is 0 Å². The summed E-state index contributed by atoms with van der Waals surface area (Å²) in [5.74, 6) is 0.201. The summed E-state index contributed by atoms with van der Waals surface area (Å²) in [7, 11) is 0. The van der Waals surface area contributed by atoms with Gasteiger partial charge in [-0.3, -0.25) is 4.79 Å². The maximum absolute atomic E-state index is 11.3. The van der Waals surface area contributed by atoms with Crippen molar-refractivity contribution >= 4 is 5.97 Å². The summed E-state index contributed by atoms with van der Waals surface area (Å²) in [4.78, 5) is 11.3. The van der Waals surface area contributed by atoms with E-state index in [9.17, 15) is 9.90 Å². The molecule has 0 saturated heterocycles. The second-order valence-corrected chi connectivity index (χ2v) is 5.03. The molecule has 0 amide bonds. The lowest BCUT2D eigenvalue weighted by Crippen LogP contribution is -2.19. The number of hydrogen-bond acceptors (Lipinski definition) is 4. The molecule has 3 N–H and O–H groups in total. The summed E-state index contributed by atoms with van der Waals surface area (Å²) in [6, 6.07) is 3.78. The van der Waals surface area contributed by atoms with Crippen molar-refractivity contribution in [2.45, 2.75) is 45.1 Å². The summed E-state index contributed by atoms with van der Waals surface area (Å²) in [6.07, 6.45) is 3.60. The molecule has 0 spiro atoms. The van der Waals surface area contributed by atoms with Crippen molar-refractivity contribution < 1.29 is 14.6 Å². The molecule has 1 atom stereocenters. The first-order valence-corrected chi connectivity index (χ1v) is 6.85. The Morgan fingerprint density at radius 3 is 2.89 bits per heavy atom. The summed E-state index contributed by atoms with van der Waals surface area (Å²) in [5.41, 5.74) is 9.32. The predicted octanol–water partition coefficient (Wildman–Crippen LogP) is 1.70. The minimum Gasteiger partial charge on any atom is -0.508 e. The molecule has 0 radical (unpaired) electrons. The molecular formula is C15H21NO3. The second kappa shape index (κ2) is 6.06. The number of hydrogen-bond donors (Lipinski definition) is 2. The third kappa shape index (κ3) is 3.26. The van der Waals surface area contributed by atoms with Crippen molar-refractivity contribution in [3.8, 4) is 5.75 Å². The van der Waals surface area contributed by atoms with Crippen molar-refractivity contribution in [1.29, 1.82) is 0 Å². The maximum Gasteiger partial charge on any atom is 0.305 e. The summed E-state index contributed by atoms with van der Waals surface area (Å²) in [6.45, 7) is 2.24. The van der Waals surface area contributed by atoms with E-state index >= 15 is 0 Å². The van der Waals surface area contributed by atoms with Crippen LogP contribution in [0.25, 0.3) is 0 Å². The van der Waals surface area contributed by atoms with E-state index in [1.165, 1.54) is 11.1 Å². The molecule has 1 aliphatic rings. The van der Waals surface area contributed by atoms with Crippen molar-refractivity contribution in [2.75, 3.05) is 6.61 Å². The van der Waals surface area contributed by atoms with Gasteiger partial charge in [-0.05, 0) is 55.4 Å². The Morgan fingerprint density at radius 1 is 1.42 bits per heavy atom. The molecule has 0 fully saturated rings. The predicted molar refractivity (Wildman–Crippen MR) is 73.1 cm³/mol. The van der Waals surface area contributed by atoms with Gasteiger partial charge in [-0.15, -0.1) is 0 Å². The Labute approximate surface area is 113 Å². The number of carbonyl (C=O) groups excluding carboxylic acids is 1. The van der Waals surface area contributed by atoms with Crippen LogP contribution >= 0.6 is 0 Å². The lowest BCUT2D eigenvalue weighted by molar-refractivity contribution is -0.143. The number of ether oxygens (including phenoxy) is 1. The van der Waals surface area contributed by atoms with Crippen LogP contribution in [0.2, 0.25) is 0 Å². The van der Waals surface area contributed by atoms with E-state index in [0.29, 0.717) is 18.8 Å². The fourth-order valence-electron chi connectivity index (χ4n) is 2.70. The number of aromatic hydroxyl groups is 1. The molecule has 1 aliphatic carbocycles. The first-order valence-electron chi connectivity index (χ1n) is 6.85. The van der Waals surface area contributed by atoms with E-state index < -0.39 is 0 Å². The van der Waals surface area contributed by atoms with E-state index in [1.807, 2.05) is 13.0 Å². The van der Waals surface area contributed by atoms with E-state index in [-0.39, 0.29) is 12.0 Å². The van der Waals surface area contributed by atoms with E-state index in [1.54, 1.807) is 6.07 Å². The Hall–Kier alpha value is -1.55. The Morgan fingerprint density at radius 2 is 2.16 bits per heavy atom.